The highest BCUT2D eigenvalue weighted by atomic mass is 79.9. The molecule has 1 atom stereocenters. The standard InChI is InChI=1S/C19H24Br2N6O5S/c1-12-2-6-25(7-3-12)18(28)16(4-8-26-9-5-23-19(26)27(29)30)24-33(31,32)13-10-14(20)17(22)15(21)11-13/h5,9-12,16,24H,2-4,6-8,22H2,1H3. The predicted octanol–water partition coefficient (Wildman–Crippen LogP) is 2.89. The summed E-state index contributed by atoms with van der Waals surface area (Å²) < 4.78 is 30.8. The lowest BCUT2D eigenvalue weighted by Gasteiger charge is -2.33. The minimum Gasteiger partial charge on any atom is -0.397 e. The first-order valence-corrected chi connectivity index (χ1v) is 13.3. The largest absolute Gasteiger partial charge is 0.434 e. The highest BCUT2D eigenvalue weighted by Gasteiger charge is 2.32. The number of imidazole rings is 1. The highest BCUT2D eigenvalue weighted by Crippen LogP contribution is 2.31. The molecular formula is C19H24Br2N6O5S. The second-order valence-electron chi connectivity index (χ2n) is 7.95. The lowest BCUT2D eigenvalue weighted by Crippen LogP contribution is -2.50. The second kappa shape index (κ2) is 10.5. The number of benzene rings is 1. The van der Waals surface area contributed by atoms with E-state index in [1.54, 1.807) is 4.90 Å². The van der Waals surface area contributed by atoms with Gasteiger partial charge in [-0.15, -0.1) is 0 Å². The molecule has 1 aliphatic heterocycles. The summed E-state index contributed by atoms with van der Waals surface area (Å²) in [6.45, 7) is 3.20. The Morgan fingerprint density at radius 1 is 1.33 bits per heavy atom. The van der Waals surface area contributed by atoms with Gasteiger partial charge in [0.25, 0.3) is 0 Å². The SMILES string of the molecule is CC1CCN(C(=O)C(CCn2ccnc2[N+](=O)[O-])NS(=O)(=O)c2cc(Br)c(N)c(Br)c2)CC1. The summed E-state index contributed by atoms with van der Waals surface area (Å²) in [6.07, 6.45) is 4.38. The molecule has 14 heteroatoms. The number of aromatic nitrogens is 2. The highest BCUT2D eigenvalue weighted by molar-refractivity contribution is 9.11. The zero-order valence-corrected chi connectivity index (χ0v) is 21.8. The molecule has 33 heavy (non-hydrogen) atoms. The van der Waals surface area contributed by atoms with E-state index in [1.807, 2.05) is 0 Å². The Balaban J connectivity index is 1.86. The van der Waals surface area contributed by atoms with E-state index in [-0.39, 0.29) is 29.7 Å². The number of nitrogens with zero attached hydrogens (tertiary/aromatic N) is 4. The normalized spacial score (nSPS) is 16.0. The van der Waals surface area contributed by atoms with Gasteiger partial charge in [0.05, 0.1) is 17.1 Å². The number of piperidine rings is 1. The van der Waals surface area contributed by atoms with Gasteiger partial charge in [-0.2, -0.15) is 4.72 Å². The van der Waals surface area contributed by atoms with Crippen molar-refractivity contribution >= 4 is 59.4 Å². The van der Waals surface area contributed by atoms with E-state index in [0.717, 1.165) is 12.8 Å². The molecule has 0 bridgehead atoms. The number of sulfonamides is 1. The summed E-state index contributed by atoms with van der Waals surface area (Å²) in [5.41, 5.74) is 6.20. The van der Waals surface area contributed by atoms with E-state index in [4.69, 9.17) is 5.73 Å². The predicted molar refractivity (Wildman–Crippen MR) is 129 cm³/mol. The number of aryl methyl sites for hydroxylation is 1. The number of nitrogens with one attached hydrogen (secondary N) is 1. The van der Waals surface area contributed by atoms with Gasteiger partial charge < -0.3 is 20.7 Å². The topological polar surface area (TPSA) is 153 Å². The molecule has 1 aromatic carbocycles. The fourth-order valence-corrected chi connectivity index (χ4v) is 6.33. The van der Waals surface area contributed by atoms with E-state index in [0.29, 0.717) is 33.6 Å². The van der Waals surface area contributed by atoms with Crippen molar-refractivity contribution in [2.45, 2.75) is 43.7 Å². The molecule has 1 aromatic heterocycles. The van der Waals surface area contributed by atoms with Crippen LogP contribution >= 0.6 is 31.9 Å². The number of hydrogen-bond acceptors (Lipinski definition) is 7. The number of nitro groups is 1. The Morgan fingerprint density at radius 2 is 1.94 bits per heavy atom. The Bertz CT molecular complexity index is 1120. The van der Waals surface area contributed by atoms with Crippen LogP contribution in [0.2, 0.25) is 0 Å². The molecular weight excluding hydrogens is 584 g/mol. The zero-order valence-electron chi connectivity index (χ0n) is 17.8. The van der Waals surface area contributed by atoms with E-state index < -0.39 is 21.0 Å². The molecule has 180 valence electrons. The third-order valence-corrected chi connectivity index (χ3v) is 8.33. The number of rotatable bonds is 8. The number of carbonyl (C=O) groups is 1. The van der Waals surface area contributed by atoms with Crippen LogP contribution in [-0.2, 0) is 21.4 Å². The first-order valence-electron chi connectivity index (χ1n) is 10.2. The molecule has 1 amide bonds. The number of amides is 1. The lowest BCUT2D eigenvalue weighted by atomic mass is 9.98. The smallest absolute Gasteiger partial charge is 0.397 e. The molecule has 1 aliphatic rings. The van der Waals surface area contributed by atoms with Gasteiger partial charge in [-0.25, -0.2) is 13.0 Å². The van der Waals surface area contributed by atoms with E-state index >= 15 is 0 Å². The molecule has 1 fully saturated rings. The summed E-state index contributed by atoms with van der Waals surface area (Å²) in [7, 11) is -4.10. The molecule has 3 N–H and O–H groups in total. The van der Waals surface area contributed by atoms with Crippen molar-refractivity contribution in [3.63, 3.8) is 0 Å². The Morgan fingerprint density at radius 3 is 2.52 bits per heavy atom. The number of halogens is 2. The van der Waals surface area contributed by atoms with Gasteiger partial charge in [0.15, 0.2) is 0 Å². The quantitative estimate of drug-likeness (QED) is 0.266. The van der Waals surface area contributed by atoms with Gasteiger partial charge in [0, 0.05) is 28.5 Å². The number of anilines is 1. The van der Waals surface area contributed by atoms with Crippen LogP contribution in [0.4, 0.5) is 11.6 Å². The van der Waals surface area contributed by atoms with Crippen LogP contribution < -0.4 is 10.5 Å². The maximum Gasteiger partial charge on any atom is 0.434 e. The van der Waals surface area contributed by atoms with Crippen molar-refractivity contribution in [3.8, 4) is 0 Å². The molecule has 0 aliphatic carbocycles. The lowest BCUT2D eigenvalue weighted by molar-refractivity contribution is -0.396. The van der Waals surface area contributed by atoms with Crippen LogP contribution in [0.3, 0.4) is 0 Å². The van der Waals surface area contributed by atoms with Crippen molar-refractivity contribution < 1.29 is 18.1 Å². The summed E-state index contributed by atoms with van der Waals surface area (Å²) in [5, 5.41) is 11.2. The third-order valence-electron chi connectivity index (χ3n) is 5.57. The van der Waals surface area contributed by atoms with Gasteiger partial charge in [-0.05, 0) is 67.7 Å². The first-order chi connectivity index (χ1) is 15.5. The van der Waals surface area contributed by atoms with Crippen molar-refractivity contribution in [2.24, 2.45) is 5.92 Å². The van der Waals surface area contributed by atoms with Gasteiger partial charge in [-0.1, -0.05) is 11.9 Å². The minimum absolute atomic E-state index is 0.0125. The van der Waals surface area contributed by atoms with Gasteiger partial charge in [0.1, 0.15) is 18.4 Å². The Labute approximate surface area is 208 Å². The molecule has 2 aromatic rings. The van der Waals surface area contributed by atoms with Gasteiger partial charge >= 0.3 is 5.95 Å². The molecule has 11 nitrogen and oxygen atoms in total. The Kier molecular flexibility index (Phi) is 8.13. The maximum absolute atomic E-state index is 13.3. The van der Waals surface area contributed by atoms with Crippen LogP contribution in [0.15, 0.2) is 38.4 Å². The first kappa shape index (κ1) is 25.6. The molecule has 2 heterocycles. The monoisotopic (exact) mass is 606 g/mol. The number of carbonyl (C=O) groups excluding carboxylic acids is 1. The third kappa shape index (κ3) is 6.11. The molecule has 1 saturated heterocycles. The second-order valence-corrected chi connectivity index (χ2v) is 11.4. The van der Waals surface area contributed by atoms with Crippen LogP contribution in [0, 0.1) is 16.0 Å². The zero-order chi connectivity index (χ0) is 24.3. The fraction of sp³-hybridized carbons (Fsp3) is 0.474. The number of likely N-dealkylation sites (tertiary alicyclic amines) is 1. The Hall–Kier alpha value is -2.03. The summed E-state index contributed by atoms with van der Waals surface area (Å²) in [5.74, 6) is -0.244. The van der Waals surface area contributed by atoms with Crippen LogP contribution in [-0.4, -0.2) is 52.8 Å². The van der Waals surface area contributed by atoms with E-state index in [1.165, 1.54) is 29.1 Å². The average molecular weight is 608 g/mol. The average Bonchev–Trinajstić information content (AvgIpc) is 3.23. The molecule has 0 radical (unpaired) electrons. The number of nitrogen functional groups attached to an aromatic ring is 1. The van der Waals surface area contributed by atoms with Crippen molar-refractivity contribution in [3.05, 3.63) is 43.6 Å². The van der Waals surface area contributed by atoms with Crippen LogP contribution in [0.5, 0.6) is 0 Å². The van der Waals surface area contributed by atoms with Crippen molar-refractivity contribution in [2.75, 3.05) is 18.8 Å². The summed E-state index contributed by atoms with van der Waals surface area (Å²) in [4.78, 5) is 29.1. The number of nitrogens with two attached hydrogens (primary N) is 1. The van der Waals surface area contributed by atoms with Gasteiger partial charge in [-0.3, -0.25) is 4.79 Å². The van der Waals surface area contributed by atoms with E-state index in [9.17, 15) is 23.3 Å². The molecule has 3 rings (SSSR count). The fourth-order valence-electron chi connectivity index (χ4n) is 3.57. The molecule has 0 saturated carbocycles. The van der Waals surface area contributed by atoms with Crippen LogP contribution in [0.25, 0.3) is 0 Å². The molecule has 1 unspecified atom stereocenters. The van der Waals surface area contributed by atoms with E-state index in [2.05, 4.69) is 48.5 Å². The van der Waals surface area contributed by atoms with Crippen molar-refractivity contribution in [1.29, 1.82) is 0 Å². The summed E-state index contributed by atoms with van der Waals surface area (Å²) in [6, 6.07) is 1.60. The number of hydrogen-bond donors (Lipinski definition) is 2. The summed E-state index contributed by atoms with van der Waals surface area (Å²) >= 11 is 6.47. The molecule has 0 spiro atoms. The van der Waals surface area contributed by atoms with Crippen LogP contribution in [0.1, 0.15) is 26.2 Å². The minimum atomic E-state index is -4.10. The van der Waals surface area contributed by atoms with Gasteiger partial charge in [0.2, 0.25) is 15.9 Å². The van der Waals surface area contributed by atoms with Crippen molar-refractivity contribution in [1.82, 2.24) is 19.2 Å². The maximum atomic E-state index is 13.3.